The number of hydrogen-bond acceptors (Lipinski definition) is 1. The SMILES string of the molecule is O=c1ccc2ccc(CCCCCCl)cc2[nH]1. The van der Waals surface area contributed by atoms with E-state index < -0.39 is 0 Å². The molecule has 90 valence electrons. The second-order valence-electron chi connectivity index (χ2n) is 4.24. The van der Waals surface area contributed by atoms with Crippen molar-refractivity contribution in [1.82, 2.24) is 4.98 Å². The van der Waals surface area contributed by atoms with Crippen molar-refractivity contribution in [2.75, 3.05) is 5.88 Å². The van der Waals surface area contributed by atoms with E-state index in [4.69, 9.17) is 11.6 Å². The minimum Gasteiger partial charge on any atom is -0.322 e. The molecule has 2 aromatic rings. The lowest BCUT2D eigenvalue weighted by molar-refractivity contribution is 0.721. The van der Waals surface area contributed by atoms with E-state index in [9.17, 15) is 4.79 Å². The van der Waals surface area contributed by atoms with Gasteiger partial charge in [-0.05, 0) is 42.3 Å². The topological polar surface area (TPSA) is 32.9 Å². The first-order chi connectivity index (χ1) is 8.29. The molecule has 0 atom stereocenters. The molecule has 17 heavy (non-hydrogen) atoms. The Morgan fingerprint density at radius 2 is 1.88 bits per heavy atom. The van der Waals surface area contributed by atoms with Crippen LogP contribution in [0.25, 0.3) is 10.9 Å². The van der Waals surface area contributed by atoms with Gasteiger partial charge in [0.25, 0.3) is 0 Å². The summed E-state index contributed by atoms with van der Waals surface area (Å²) in [4.78, 5) is 14.1. The quantitative estimate of drug-likeness (QED) is 0.639. The van der Waals surface area contributed by atoms with Crippen LogP contribution in [0.1, 0.15) is 24.8 Å². The predicted molar refractivity (Wildman–Crippen MR) is 72.8 cm³/mol. The molecule has 2 rings (SSSR count). The smallest absolute Gasteiger partial charge is 0.248 e. The van der Waals surface area contributed by atoms with Gasteiger partial charge in [-0.3, -0.25) is 4.79 Å². The van der Waals surface area contributed by atoms with Crippen molar-refractivity contribution in [2.45, 2.75) is 25.7 Å². The summed E-state index contributed by atoms with van der Waals surface area (Å²) >= 11 is 5.64. The largest absolute Gasteiger partial charge is 0.322 e. The van der Waals surface area contributed by atoms with Gasteiger partial charge in [-0.25, -0.2) is 0 Å². The van der Waals surface area contributed by atoms with E-state index in [-0.39, 0.29) is 5.56 Å². The molecule has 0 aliphatic rings. The maximum absolute atomic E-state index is 11.2. The van der Waals surface area contributed by atoms with Gasteiger partial charge in [0.1, 0.15) is 0 Å². The number of unbranched alkanes of at least 4 members (excludes halogenated alkanes) is 2. The summed E-state index contributed by atoms with van der Waals surface area (Å²) < 4.78 is 0. The van der Waals surface area contributed by atoms with Crippen LogP contribution in [0.5, 0.6) is 0 Å². The van der Waals surface area contributed by atoms with Gasteiger partial charge < -0.3 is 4.98 Å². The molecule has 0 bridgehead atoms. The molecule has 0 spiro atoms. The molecular formula is C14H16ClNO. The molecule has 0 amide bonds. The number of H-pyrrole nitrogens is 1. The molecule has 1 N–H and O–H groups in total. The molecule has 1 aromatic heterocycles. The Morgan fingerprint density at radius 1 is 1.06 bits per heavy atom. The lowest BCUT2D eigenvalue weighted by atomic mass is 10.1. The van der Waals surface area contributed by atoms with Gasteiger partial charge in [-0.1, -0.05) is 18.6 Å². The molecule has 1 heterocycles. The van der Waals surface area contributed by atoms with E-state index in [2.05, 4.69) is 23.2 Å². The highest BCUT2D eigenvalue weighted by Gasteiger charge is 1.98. The fourth-order valence-electron chi connectivity index (χ4n) is 1.95. The number of alkyl halides is 1. The number of halogens is 1. The van der Waals surface area contributed by atoms with Gasteiger partial charge in [0.2, 0.25) is 5.56 Å². The number of pyridine rings is 1. The molecule has 0 saturated carbocycles. The third kappa shape index (κ3) is 3.34. The minimum atomic E-state index is -0.0446. The van der Waals surface area contributed by atoms with Crippen LogP contribution >= 0.6 is 11.6 Å². The average Bonchev–Trinajstić information content (AvgIpc) is 2.34. The fourth-order valence-corrected chi connectivity index (χ4v) is 2.14. The number of fused-ring (bicyclic) bond motifs is 1. The molecule has 1 aromatic carbocycles. The van der Waals surface area contributed by atoms with Crippen molar-refractivity contribution in [1.29, 1.82) is 0 Å². The summed E-state index contributed by atoms with van der Waals surface area (Å²) in [5.41, 5.74) is 2.15. The first kappa shape index (κ1) is 12.2. The van der Waals surface area contributed by atoms with Gasteiger partial charge in [0.05, 0.1) is 0 Å². The van der Waals surface area contributed by atoms with Crippen molar-refractivity contribution in [2.24, 2.45) is 0 Å². The Labute approximate surface area is 106 Å². The zero-order valence-corrected chi connectivity index (χ0v) is 10.5. The molecule has 0 radical (unpaired) electrons. The molecule has 0 saturated heterocycles. The van der Waals surface area contributed by atoms with Crippen LogP contribution in [0.3, 0.4) is 0 Å². The van der Waals surface area contributed by atoms with Gasteiger partial charge in [-0.2, -0.15) is 0 Å². The van der Waals surface area contributed by atoms with Crippen LogP contribution in [-0.2, 0) is 6.42 Å². The van der Waals surface area contributed by atoms with Crippen molar-refractivity contribution in [3.05, 3.63) is 46.2 Å². The van der Waals surface area contributed by atoms with Gasteiger partial charge in [0.15, 0.2) is 0 Å². The molecule has 0 aliphatic heterocycles. The lowest BCUT2D eigenvalue weighted by Gasteiger charge is -2.03. The number of nitrogens with one attached hydrogen (secondary N) is 1. The van der Waals surface area contributed by atoms with E-state index in [0.29, 0.717) is 0 Å². The number of aromatic nitrogens is 1. The van der Waals surface area contributed by atoms with Crippen molar-refractivity contribution in [3.8, 4) is 0 Å². The zero-order chi connectivity index (χ0) is 12.1. The summed E-state index contributed by atoms with van der Waals surface area (Å²) in [5.74, 6) is 0.741. The monoisotopic (exact) mass is 249 g/mol. The van der Waals surface area contributed by atoms with E-state index >= 15 is 0 Å². The van der Waals surface area contributed by atoms with Crippen LogP contribution in [0.2, 0.25) is 0 Å². The summed E-state index contributed by atoms with van der Waals surface area (Å²) in [6.07, 6.45) is 4.43. The first-order valence-corrected chi connectivity index (χ1v) is 6.51. The van der Waals surface area contributed by atoms with Crippen molar-refractivity contribution >= 4 is 22.5 Å². The maximum Gasteiger partial charge on any atom is 0.248 e. The van der Waals surface area contributed by atoms with Crippen molar-refractivity contribution in [3.63, 3.8) is 0 Å². The Balaban J connectivity index is 2.11. The maximum atomic E-state index is 11.2. The first-order valence-electron chi connectivity index (χ1n) is 5.97. The number of hydrogen-bond donors (Lipinski definition) is 1. The van der Waals surface area contributed by atoms with Gasteiger partial charge >= 0.3 is 0 Å². The van der Waals surface area contributed by atoms with Crippen LogP contribution in [-0.4, -0.2) is 10.9 Å². The summed E-state index contributed by atoms with van der Waals surface area (Å²) in [6.45, 7) is 0. The second kappa shape index (κ2) is 5.87. The summed E-state index contributed by atoms with van der Waals surface area (Å²) in [7, 11) is 0. The Kier molecular flexibility index (Phi) is 4.21. The Bertz CT molecular complexity index is 547. The van der Waals surface area contributed by atoms with Crippen LogP contribution in [0.4, 0.5) is 0 Å². The summed E-state index contributed by atoms with van der Waals surface area (Å²) in [6, 6.07) is 9.66. The normalized spacial score (nSPS) is 10.9. The number of benzene rings is 1. The minimum absolute atomic E-state index is 0.0446. The molecule has 3 heteroatoms. The van der Waals surface area contributed by atoms with Crippen molar-refractivity contribution < 1.29 is 0 Å². The van der Waals surface area contributed by atoms with Gasteiger partial charge in [-0.15, -0.1) is 11.6 Å². The fraction of sp³-hybridized carbons (Fsp3) is 0.357. The van der Waals surface area contributed by atoms with E-state index in [1.807, 2.05) is 6.07 Å². The average molecular weight is 250 g/mol. The standard InChI is InChI=1S/C14H16ClNO/c15-9-3-1-2-4-11-5-6-12-7-8-14(17)16-13(12)10-11/h5-8,10H,1-4,9H2,(H,16,17). The number of rotatable bonds is 5. The van der Waals surface area contributed by atoms with E-state index in [1.54, 1.807) is 6.07 Å². The highest BCUT2D eigenvalue weighted by atomic mass is 35.5. The molecule has 2 nitrogen and oxygen atoms in total. The highest BCUT2D eigenvalue weighted by molar-refractivity contribution is 6.17. The summed E-state index contributed by atoms with van der Waals surface area (Å²) in [5, 5.41) is 1.08. The highest BCUT2D eigenvalue weighted by Crippen LogP contribution is 2.14. The zero-order valence-electron chi connectivity index (χ0n) is 9.71. The number of aromatic amines is 1. The molecule has 0 fully saturated rings. The third-order valence-electron chi connectivity index (χ3n) is 2.89. The third-order valence-corrected chi connectivity index (χ3v) is 3.16. The van der Waals surface area contributed by atoms with Crippen LogP contribution < -0.4 is 5.56 Å². The lowest BCUT2D eigenvalue weighted by Crippen LogP contribution is -2.02. The molecule has 0 unspecified atom stereocenters. The second-order valence-corrected chi connectivity index (χ2v) is 4.62. The van der Waals surface area contributed by atoms with Gasteiger partial charge in [0, 0.05) is 17.5 Å². The van der Waals surface area contributed by atoms with Crippen LogP contribution in [0.15, 0.2) is 35.1 Å². The van der Waals surface area contributed by atoms with Crippen LogP contribution in [0, 0.1) is 0 Å². The number of aryl methyl sites for hydroxylation is 1. The van der Waals surface area contributed by atoms with E-state index in [0.717, 1.165) is 42.5 Å². The Hall–Kier alpha value is -1.28. The predicted octanol–water partition coefficient (Wildman–Crippen LogP) is 3.48. The molecule has 0 aliphatic carbocycles. The Morgan fingerprint density at radius 3 is 2.71 bits per heavy atom. The van der Waals surface area contributed by atoms with E-state index in [1.165, 1.54) is 5.56 Å². The molecular weight excluding hydrogens is 234 g/mol.